The summed E-state index contributed by atoms with van der Waals surface area (Å²) in [6.07, 6.45) is 14.0. The van der Waals surface area contributed by atoms with Crippen LogP contribution in [0.15, 0.2) is 29.2 Å². The van der Waals surface area contributed by atoms with Gasteiger partial charge in [0.05, 0.1) is 4.90 Å². The lowest BCUT2D eigenvalue weighted by atomic mass is 10.1. The first-order chi connectivity index (χ1) is 12.4. The zero-order chi connectivity index (χ0) is 19.3. The van der Waals surface area contributed by atoms with Crippen molar-refractivity contribution in [2.45, 2.75) is 88.9 Å². The minimum atomic E-state index is -3.72. The molecule has 0 aromatic heterocycles. The van der Waals surface area contributed by atoms with E-state index in [4.69, 9.17) is 9.88 Å². The molecule has 0 atom stereocenters. The highest BCUT2D eigenvalue weighted by atomic mass is 32.2. The average Bonchev–Trinajstić information content (AvgIpc) is 2.59. The van der Waals surface area contributed by atoms with Crippen LogP contribution in [0.3, 0.4) is 0 Å². The number of benzene rings is 1. The maximum absolute atomic E-state index is 11.8. The summed E-state index contributed by atoms with van der Waals surface area (Å²) < 4.78 is 27.5. The summed E-state index contributed by atoms with van der Waals surface area (Å²) >= 11 is 0. The van der Waals surface area contributed by atoms with E-state index < -0.39 is 10.0 Å². The van der Waals surface area contributed by atoms with Crippen molar-refractivity contribution in [1.82, 2.24) is 0 Å². The number of carbonyl (C=O) groups is 1. The van der Waals surface area contributed by atoms with E-state index in [2.05, 4.69) is 6.92 Å². The van der Waals surface area contributed by atoms with Crippen LogP contribution in [0.4, 0.5) is 0 Å². The van der Waals surface area contributed by atoms with E-state index in [1.165, 1.54) is 75.6 Å². The van der Waals surface area contributed by atoms with Gasteiger partial charge in [0.1, 0.15) is 5.75 Å². The number of sulfonamides is 1. The topological polar surface area (TPSA) is 86.5 Å². The van der Waals surface area contributed by atoms with Crippen molar-refractivity contribution in [3.8, 4) is 5.75 Å². The Labute approximate surface area is 158 Å². The molecular formula is C20H33NO4S. The van der Waals surface area contributed by atoms with Gasteiger partial charge in [-0.1, -0.05) is 71.1 Å². The summed E-state index contributed by atoms with van der Waals surface area (Å²) in [6.45, 7) is 2.24. The summed E-state index contributed by atoms with van der Waals surface area (Å²) in [7, 11) is -3.72. The highest BCUT2D eigenvalue weighted by Gasteiger charge is 2.09. The molecule has 0 heterocycles. The SMILES string of the molecule is CCCCCCCCCCCCCC(=O)Oc1ccc(S(N)(=O)=O)cc1. The molecule has 0 saturated carbocycles. The number of carbonyl (C=O) groups excluding carboxylic acids is 1. The van der Waals surface area contributed by atoms with Crippen LogP contribution in [0.1, 0.15) is 84.0 Å². The Kier molecular flexibility index (Phi) is 11.2. The second-order valence-electron chi connectivity index (χ2n) is 6.78. The van der Waals surface area contributed by atoms with Crippen LogP contribution in [0.2, 0.25) is 0 Å². The zero-order valence-electron chi connectivity index (χ0n) is 15.9. The van der Waals surface area contributed by atoms with E-state index in [0.29, 0.717) is 12.2 Å². The second-order valence-corrected chi connectivity index (χ2v) is 8.34. The molecule has 0 spiro atoms. The number of hydrogen-bond donors (Lipinski definition) is 1. The molecule has 0 amide bonds. The van der Waals surface area contributed by atoms with Gasteiger partial charge in [0.2, 0.25) is 10.0 Å². The van der Waals surface area contributed by atoms with E-state index >= 15 is 0 Å². The Balaban J connectivity index is 2.05. The monoisotopic (exact) mass is 383 g/mol. The molecular weight excluding hydrogens is 350 g/mol. The van der Waals surface area contributed by atoms with Gasteiger partial charge in [-0.25, -0.2) is 13.6 Å². The molecule has 0 aliphatic carbocycles. The first kappa shape index (κ1) is 22.6. The van der Waals surface area contributed by atoms with Crippen LogP contribution in [-0.2, 0) is 14.8 Å². The first-order valence-corrected chi connectivity index (χ1v) is 11.3. The van der Waals surface area contributed by atoms with Gasteiger partial charge in [-0.15, -0.1) is 0 Å². The largest absolute Gasteiger partial charge is 0.427 e. The number of nitrogens with two attached hydrogens (primary N) is 1. The molecule has 2 N–H and O–H groups in total. The summed E-state index contributed by atoms with van der Waals surface area (Å²) in [5.41, 5.74) is 0. The fraction of sp³-hybridized carbons (Fsp3) is 0.650. The molecule has 6 heteroatoms. The maximum Gasteiger partial charge on any atom is 0.311 e. The molecule has 1 rings (SSSR count). The molecule has 1 aromatic rings. The van der Waals surface area contributed by atoms with Crippen LogP contribution in [0.25, 0.3) is 0 Å². The predicted molar refractivity (Wildman–Crippen MR) is 105 cm³/mol. The Bertz CT molecular complexity index is 611. The van der Waals surface area contributed by atoms with Gasteiger partial charge < -0.3 is 4.74 Å². The molecule has 1 aromatic carbocycles. The van der Waals surface area contributed by atoms with Crippen molar-refractivity contribution >= 4 is 16.0 Å². The van der Waals surface area contributed by atoms with Crippen molar-refractivity contribution in [2.24, 2.45) is 5.14 Å². The fourth-order valence-corrected chi connectivity index (χ4v) is 3.33. The van der Waals surface area contributed by atoms with Gasteiger partial charge >= 0.3 is 5.97 Å². The first-order valence-electron chi connectivity index (χ1n) is 9.77. The van der Waals surface area contributed by atoms with Gasteiger partial charge in [-0.3, -0.25) is 4.79 Å². The average molecular weight is 384 g/mol. The number of rotatable bonds is 14. The minimum absolute atomic E-state index is 0.00247. The zero-order valence-corrected chi connectivity index (χ0v) is 16.7. The predicted octanol–water partition coefficient (Wildman–Crippen LogP) is 4.94. The number of hydrogen-bond acceptors (Lipinski definition) is 4. The van der Waals surface area contributed by atoms with E-state index in [1.807, 2.05) is 0 Å². The number of unbranched alkanes of at least 4 members (excludes halogenated alkanes) is 10. The van der Waals surface area contributed by atoms with Crippen molar-refractivity contribution in [3.05, 3.63) is 24.3 Å². The van der Waals surface area contributed by atoms with E-state index in [9.17, 15) is 13.2 Å². The maximum atomic E-state index is 11.8. The number of ether oxygens (including phenoxy) is 1. The molecule has 26 heavy (non-hydrogen) atoms. The second kappa shape index (κ2) is 12.9. The van der Waals surface area contributed by atoms with Gasteiger partial charge in [0.15, 0.2) is 0 Å². The lowest BCUT2D eigenvalue weighted by Crippen LogP contribution is -2.12. The molecule has 0 bridgehead atoms. The summed E-state index contributed by atoms with van der Waals surface area (Å²) in [5.74, 6) is 0.0507. The lowest BCUT2D eigenvalue weighted by Gasteiger charge is -2.05. The van der Waals surface area contributed by atoms with Crippen molar-refractivity contribution < 1.29 is 17.9 Å². The van der Waals surface area contributed by atoms with Crippen LogP contribution in [0.5, 0.6) is 5.75 Å². The molecule has 5 nitrogen and oxygen atoms in total. The molecule has 0 fully saturated rings. The molecule has 0 radical (unpaired) electrons. The van der Waals surface area contributed by atoms with Crippen LogP contribution < -0.4 is 9.88 Å². The normalized spacial score (nSPS) is 11.5. The third-order valence-electron chi connectivity index (χ3n) is 4.37. The quantitative estimate of drug-likeness (QED) is 0.280. The molecule has 148 valence electrons. The van der Waals surface area contributed by atoms with Crippen LogP contribution in [0, 0.1) is 0 Å². The third kappa shape index (κ3) is 10.6. The standard InChI is InChI=1S/C20H33NO4S/c1-2-3-4-5-6-7-8-9-10-11-12-13-20(22)25-18-14-16-19(17-15-18)26(21,23)24/h14-17H,2-13H2,1H3,(H2,21,23,24). The van der Waals surface area contributed by atoms with Crippen LogP contribution >= 0.6 is 0 Å². The Hall–Kier alpha value is -1.40. The highest BCUT2D eigenvalue weighted by Crippen LogP contribution is 2.16. The smallest absolute Gasteiger partial charge is 0.311 e. The summed E-state index contributed by atoms with van der Waals surface area (Å²) in [4.78, 5) is 11.8. The van der Waals surface area contributed by atoms with Gasteiger partial charge in [0.25, 0.3) is 0 Å². The van der Waals surface area contributed by atoms with Crippen molar-refractivity contribution in [3.63, 3.8) is 0 Å². The van der Waals surface area contributed by atoms with E-state index in [0.717, 1.165) is 19.3 Å². The van der Waals surface area contributed by atoms with Gasteiger partial charge in [-0.05, 0) is 30.7 Å². The molecule has 0 unspecified atom stereocenters. The fourth-order valence-electron chi connectivity index (χ4n) is 2.81. The summed E-state index contributed by atoms with van der Waals surface area (Å²) in [5, 5.41) is 5.02. The van der Waals surface area contributed by atoms with Crippen molar-refractivity contribution in [1.29, 1.82) is 0 Å². The molecule has 0 aliphatic heterocycles. The van der Waals surface area contributed by atoms with Gasteiger partial charge in [-0.2, -0.15) is 0 Å². The van der Waals surface area contributed by atoms with E-state index in [1.54, 1.807) is 0 Å². The Morgan fingerprint density at radius 2 is 1.31 bits per heavy atom. The lowest BCUT2D eigenvalue weighted by molar-refractivity contribution is -0.134. The minimum Gasteiger partial charge on any atom is -0.427 e. The third-order valence-corrected chi connectivity index (χ3v) is 5.30. The van der Waals surface area contributed by atoms with Crippen LogP contribution in [-0.4, -0.2) is 14.4 Å². The molecule has 0 aliphatic rings. The molecule has 0 saturated heterocycles. The van der Waals surface area contributed by atoms with E-state index in [-0.39, 0.29) is 10.9 Å². The Morgan fingerprint density at radius 1 is 0.846 bits per heavy atom. The number of primary sulfonamides is 1. The van der Waals surface area contributed by atoms with Crippen molar-refractivity contribution in [2.75, 3.05) is 0 Å². The number of esters is 1. The highest BCUT2D eigenvalue weighted by molar-refractivity contribution is 7.89. The summed E-state index contributed by atoms with van der Waals surface area (Å²) in [6, 6.07) is 5.55. The van der Waals surface area contributed by atoms with Gasteiger partial charge in [0, 0.05) is 6.42 Å². The Morgan fingerprint density at radius 3 is 1.77 bits per heavy atom.